The second-order valence-corrected chi connectivity index (χ2v) is 4.89. The lowest BCUT2D eigenvalue weighted by Crippen LogP contribution is -2.26. The molecule has 0 aromatic heterocycles. The summed E-state index contributed by atoms with van der Waals surface area (Å²) < 4.78 is 21.0. The minimum absolute atomic E-state index is 0.173. The van der Waals surface area contributed by atoms with Gasteiger partial charge in [-0.1, -0.05) is 12.1 Å². The second-order valence-electron chi connectivity index (χ2n) is 4.89. The third-order valence-electron chi connectivity index (χ3n) is 3.22. The number of methoxy groups -OCH3 is 2. The molecule has 0 bridgehead atoms. The van der Waals surface area contributed by atoms with E-state index in [0.29, 0.717) is 5.75 Å². The Labute approximate surface area is 135 Å². The molecule has 0 fully saturated rings. The van der Waals surface area contributed by atoms with Gasteiger partial charge in [0.15, 0.2) is 6.10 Å². The van der Waals surface area contributed by atoms with Crippen molar-refractivity contribution in [3.8, 4) is 17.2 Å². The number of carbonyl (C=O) groups excluding carboxylic acids is 1. The molecule has 0 radical (unpaired) electrons. The molecule has 0 spiro atoms. The van der Waals surface area contributed by atoms with Gasteiger partial charge in [0.05, 0.1) is 14.2 Å². The van der Waals surface area contributed by atoms with Gasteiger partial charge in [0.25, 0.3) is 0 Å². The van der Waals surface area contributed by atoms with Crippen LogP contribution in [0, 0.1) is 0 Å². The highest BCUT2D eigenvalue weighted by Crippen LogP contribution is 2.19. The molecule has 2 rings (SSSR count). The van der Waals surface area contributed by atoms with Gasteiger partial charge in [0.2, 0.25) is 0 Å². The fraction of sp³-hybridized carbons (Fsp3) is 0.278. The number of ether oxygens (including phenoxy) is 4. The largest absolute Gasteiger partial charge is 0.497 e. The van der Waals surface area contributed by atoms with Crippen LogP contribution in [0.15, 0.2) is 48.5 Å². The highest BCUT2D eigenvalue weighted by molar-refractivity contribution is 5.74. The van der Waals surface area contributed by atoms with Crippen LogP contribution in [0.1, 0.15) is 12.5 Å². The van der Waals surface area contributed by atoms with Gasteiger partial charge in [0.1, 0.15) is 23.9 Å². The van der Waals surface area contributed by atoms with E-state index in [1.165, 1.54) is 0 Å². The van der Waals surface area contributed by atoms with E-state index in [0.717, 1.165) is 17.1 Å². The van der Waals surface area contributed by atoms with Crippen molar-refractivity contribution in [2.24, 2.45) is 0 Å². The Morgan fingerprint density at radius 2 is 1.61 bits per heavy atom. The molecule has 2 aromatic carbocycles. The van der Waals surface area contributed by atoms with Gasteiger partial charge in [-0.25, -0.2) is 4.79 Å². The van der Waals surface area contributed by atoms with Gasteiger partial charge >= 0.3 is 5.97 Å². The predicted octanol–water partition coefficient (Wildman–Crippen LogP) is 3.21. The van der Waals surface area contributed by atoms with Crippen molar-refractivity contribution >= 4 is 5.97 Å². The molecular weight excluding hydrogens is 296 g/mol. The molecule has 0 saturated carbocycles. The summed E-state index contributed by atoms with van der Waals surface area (Å²) in [5.74, 6) is 1.60. The Morgan fingerprint density at radius 1 is 0.957 bits per heavy atom. The second kappa shape index (κ2) is 8.08. The van der Waals surface area contributed by atoms with Crippen molar-refractivity contribution < 1.29 is 23.7 Å². The minimum Gasteiger partial charge on any atom is -0.497 e. The van der Waals surface area contributed by atoms with Crippen LogP contribution in [0.3, 0.4) is 0 Å². The highest BCUT2D eigenvalue weighted by atomic mass is 16.6. The predicted molar refractivity (Wildman–Crippen MR) is 85.9 cm³/mol. The van der Waals surface area contributed by atoms with Crippen molar-refractivity contribution in [2.75, 3.05) is 14.2 Å². The first-order valence-electron chi connectivity index (χ1n) is 7.22. The molecule has 0 aliphatic rings. The van der Waals surface area contributed by atoms with Crippen molar-refractivity contribution in [1.29, 1.82) is 0 Å². The molecule has 0 aliphatic carbocycles. The molecular formula is C18H20O5. The van der Waals surface area contributed by atoms with Crippen molar-refractivity contribution in [1.82, 2.24) is 0 Å². The van der Waals surface area contributed by atoms with E-state index in [9.17, 15) is 4.79 Å². The summed E-state index contributed by atoms with van der Waals surface area (Å²) in [6.07, 6.45) is -0.700. The normalized spacial score (nSPS) is 11.4. The average molecular weight is 316 g/mol. The Bertz CT molecular complexity index is 636. The van der Waals surface area contributed by atoms with Crippen LogP contribution in [-0.2, 0) is 16.1 Å². The maximum absolute atomic E-state index is 12.0. The number of rotatable bonds is 7. The Morgan fingerprint density at radius 3 is 2.26 bits per heavy atom. The summed E-state index contributed by atoms with van der Waals surface area (Å²) in [6.45, 7) is 1.82. The Balaban J connectivity index is 1.86. The van der Waals surface area contributed by atoms with E-state index in [1.54, 1.807) is 45.4 Å². The lowest BCUT2D eigenvalue weighted by atomic mass is 10.2. The fourth-order valence-electron chi connectivity index (χ4n) is 1.94. The zero-order valence-corrected chi connectivity index (χ0v) is 13.4. The monoisotopic (exact) mass is 316 g/mol. The zero-order chi connectivity index (χ0) is 16.7. The third kappa shape index (κ3) is 4.92. The molecule has 0 N–H and O–H groups in total. The number of benzene rings is 2. The molecule has 0 amide bonds. The van der Waals surface area contributed by atoms with Crippen LogP contribution in [0.5, 0.6) is 17.2 Å². The van der Waals surface area contributed by atoms with E-state index in [2.05, 4.69) is 0 Å². The topological polar surface area (TPSA) is 54.0 Å². The molecule has 122 valence electrons. The van der Waals surface area contributed by atoms with Gasteiger partial charge in [-0.2, -0.15) is 0 Å². The lowest BCUT2D eigenvalue weighted by molar-refractivity contribution is -0.152. The van der Waals surface area contributed by atoms with E-state index in [4.69, 9.17) is 18.9 Å². The van der Waals surface area contributed by atoms with Crippen LogP contribution in [0.25, 0.3) is 0 Å². The maximum Gasteiger partial charge on any atom is 0.347 e. The number of esters is 1. The first-order chi connectivity index (χ1) is 11.1. The summed E-state index contributed by atoms with van der Waals surface area (Å²) in [5.41, 5.74) is 0.856. The van der Waals surface area contributed by atoms with Crippen molar-refractivity contribution in [3.63, 3.8) is 0 Å². The van der Waals surface area contributed by atoms with E-state index in [-0.39, 0.29) is 6.61 Å². The molecule has 0 heterocycles. The minimum atomic E-state index is -0.700. The van der Waals surface area contributed by atoms with Gasteiger partial charge < -0.3 is 18.9 Å². The van der Waals surface area contributed by atoms with Crippen LogP contribution < -0.4 is 14.2 Å². The summed E-state index contributed by atoms with van der Waals surface area (Å²) in [5, 5.41) is 0. The molecule has 5 heteroatoms. The van der Waals surface area contributed by atoms with E-state index in [1.807, 2.05) is 24.3 Å². The average Bonchev–Trinajstić information content (AvgIpc) is 2.60. The number of hydrogen-bond donors (Lipinski definition) is 0. The molecule has 23 heavy (non-hydrogen) atoms. The van der Waals surface area contributed by atoms with Crippen LogP contribution >= 0.6 is 0 Å². The maximum atomic E-state index is 12.0. The van der Waals surface area contributed by atoms with Gasteiger partial charge in [-0.15, -0.1) is 0 Å². The van der Waals surface area contributed by atoms with E-state index < -0.39 is 12.1 Å². The molecule has 5 nitrogen and oxygen atoms in total. The van der Waals surface area contributed by atoms with Gasteiger partial charge in [-0.3, -0.25) is 0 Å². The van der Waals surface area contributed by atoms with Gasteiger partial charge in [0, 0.05) is 0 Å². The summed E-state index contributed by atoms with van der Waals surface area (Å²) in [7, 11) is 3.18. The van der Waals surface area contributed by atoms with Crippen LogP contribution in [0.4, 0.5) is 0 Å². The molecule has 2 aromatic rings. The summed E-state index contributed by atoms with van der Waals surface area (Å²) in [4.78, 5) is 12.0. The van der Waals surface area contributed by atoms with Crippen LogP contribution in [0.2, 0.25) is 0 Å². The summed E-state index contributed by atoms with van der Waals surface area (Å²) in [6, 6.07) is 14.4. The summed E-state index contributed by atoms with van der Waals surface area (Å²) >= 11 is 0. The van der Waals surface area contributed by atoms with Crippen LogP contribution in [-0.4, -0.2) is 26.3 Å². The number of hydrogen-bond acceptors (Lipinski definition) is 5. The molecule has 0 aliphatic heterocycles. The molecule has 1 unspecified atom stereocenters. The SMILES string of the molecule is COc1ccc(OC(C)C(=O)OCc2cccc(OC)c2)cc1. The van der Waals surface area contributed by atoms with E-state index >= 15 is 0 Å². The fourth-order valence-corrected chi connectivity index (χ4v) is 1.94. The van der Waals surface area contributed by atoms with Crippen molar-refractivity contribution in [3.05, 3.63) is 54.1 Å². The zero-order valence-electron chi connectivity index (χ0n) is 13.4. The van der Waals surface area contributed by atoms with Crippen molar-refractivity contribution in [2.45, 2.75) is 19.6 Å². The highest BCUT2D eigenvalue weighted by Gasteiger charge is 2.16. The molecule has 1 atom stereocenters. The lowest BCUT2D eigenvalue weighted by Gasteiger charge is -2.14. The first-order valence-corrected chi connectivity index (χ1v) is 7.22. The quantitative estimate of drug-likeness (QED) is 0.734. The smallest absolute Gasteiger partial charge is 0.347 e. The molecule has 0 saturated heterocycles. The number of carbonyl (C=O) groups is 1. The first kappa shape index (κ1) is 16.7. The third-order valence-corrected chi connectivity index (χ3v) is 3.22. The Hall–Kier alpha value is -2.69. The Kier molecular flexibility index (Phi) is 5.86. The van der Waals surface area contributed by atoms with Gasteiger partial charge in [-0.05, 0) is 48.9 Å². The standard InChI is InChI=1S/C18H20O5/c1-13(23-16-9-7-15(20-2)8-10-16)18(19)22-12-14-5-4-6-17(11-14)21-3/h4-11,13H,12H2,1-3H3.